The van der Waals surface area contributed by atoms with Gasteiger partial charge in [-0.25, -0.2) is 0 Å². The molecule has 1 aliphatic rings. The zero-order chi connectivity index (χ0) is 9.57. The maximum Gasteiger partial charge on any atom is 0.232 e. The molecule has 1 rings (SSSR count). The van der Waals surface area contributed by atoms with Crippen LogP contribution in [0.1, 0.15) is 20.3 Å². The lowest BCUT2D eigenvalue weighted by Gasteiger charge is -2.10. The lowest BCUT2D eigenvalue weighted by molar-refractivity contribution is -0.115. The molecule has 0 aliphatic heterocycles. The molecule has 0 saturated heterocycles. The van der Waals surface area contributed by atoms with E-state index in [4.69, 9.17) is 11.6 Å². The van der Waals surface area contributed by atoms with Gasteiger partial charge in [0.1, 0.15) is 0 Å². The molecule has 0 radical (unpaired) electrons. The Hall–Kier alpha value is 0.660. The molecule has 1 fully saturated rings. The Bertz CT molecular complexity index is 256. The van der Waals surface area contributed by atoms with Crippen molar-refractivity contribution in [2.45, 2.75) is 20.3 Å². The first-order valence-corrected chi connectivity index (χ1v) is 5.52. The summed E-state index contributed by atoms with van der Waals surface area (Å²) in [7, 11) is 0. The lowest BCUT2D eigenvalue weighted by Crippen LogP contribution is -2.13. The van der Waals surface area contributed by atoms with Crippen LogP contribution in [0.2, 0.25) is 0 Å². The first-order valence-electron chi connectivity index (χ1n) is 3.56. The van der Waals surface area contributed by atoms with Gasteiger partial charge in [0.15, 0.2) is 0 Å². The Morgan fingerprint density at radius 1 is 1.50 bits per heavy atom. The molecule has 12 heavy (non-hydrogen) atoms. The molecule has 0 N–H and O–H groups in total. The zero-order valence-electron chi connectivity index (χ0n) is 6.83. The van der Waals surface area contributed by atoms with Crippen molar-refractivity contribution >= 4 is 48.7 Å². The minimum absolute atomic E-state index is 0.00137. The van der Waals surface area contributed by atoms with E-state index in [1.807, 2.05) is 19.9 Å². The van der Waals surface area contributed by atoms with Gasteiger partial charge in [0, 0.05) is 0 Å². The van der Waals surface area contributed by atoms with E-state index in [1.54, 1.807) is 0 Å². The zero-order valence-corrected chi connectivity index (χ0v) is 10.8. The molecule has 0 amide bonds. The van der Waals surface area contributed by atoms with Crippen LogP contribution in [0.5, 0.6) is 0 Å². The number of carbonyl (C=O) groups is 1. The molecule has 0 aromatic heterocycles. The second kappa shape index (κ2) is 3.10. The van der Waals surface area contributed by atoms with Crippen LogP contribution in [0.15, 0.2) is 9.47 Å². The first kappa shape index (κ1) is 10.7. The van der Waals surface area contributed by atoms with Crippen molar-refractivity contribution in [3.8, 4) is 0 Å². The summed E-state index contributed by atoms with van der Waals surface area (Å²) in [5.41, 5.74) is -0.463. The minimum atomic E-state index is -0.461. The number of carbonyl (C=O) groups excluding carboxylic acids is 1. The Morgan fingerprint density at radius 2 is 1.92 bits per heavy atom. The van der Waals surface area contributed by atoms with E-state index >= 15 is 0 Å². The van der Waals surface area contributed by atoms with E-state index in [1.165, 1.54) is 0 Å². The van der Waals surface area contributed by atoms with Gasteiger partial charge >= 0.3 is 0 Å². The van der Waals surface area contributed by atoms with E-state index in [2.05, 4.69) is 31.9 Å². The topological polar surface area (TPSA) is 17.1 Å². The summed E-state index contributed by atoms with van der Waals surface area (Å²) in [6.45, 7) is 4.07. The Balaban J connectivity index is 2.95. The lowest BCUT2D eigenvalue weighted by atomic mass is 9.98. The van der Waals surface area contributed by atoms with Crippen LogP contribution in [-0.2, 0) is 4.79 Å². The molecular formula is C8H9Br2ClO. The van der Waals surface area contributed by atoms with Crippen LogP contribution >= 0.6 is 43.5 Å². The van der Waals surface area contributed by atoms with Crippen LogP contribution in [0.3, 0.4) is 0 Å². The van der Waals surface area contributed by atoms with Crippen molar-refractivity contribution in [3.63, 3.8) is 0 Å². The normalized spacial score (nSPS) is 31.1. The van der Waals surface area contributed by atoms with Crippen LogP contribution in [-0.4, -0.2) is 5.24 Å². The van der Waals surface area contributed by atoms with Gasteiger partial charge in [0.2, 0.25) is 5.24 Å². The monoisotopic (exact) mass is 314 g/mol. The number of allylic oxidation sites excluding steroid dienone is 1. The minimum Gasteiger partial charge on any atom is -0.280 e. The van der Waals surface area contributed by atoms with Gasteiger partial charge in [-0.2, -0.15) is 0 Å². The van der Waals surface area contributed by atoms with Crippen LogP contribution in [0.4, 0.5) is 0 Å². The number of rotatable bonds is 2. The predicted molar refractivity (Wildman–Crippen MR) is 57.6 cm³/mol. The number of halogens is 3. The molecule has 1 nitrogen and oxygen atoms in total. The molecule has 0 aromatic rings. The summed E-state index contributed by atoms with van der Waals surface area (Å²) in [4.78, 5) is 11.2. The van der Waals surface area contributed by atoms with Gasteiger partial charge in [0.25, 0.3) is 0 Å². The molecule has 1 saturated carbocycles. The molecule has 0 bridgehead atoms. The molecule has 68 valence electrons. The molecule has 1 atom stereocenters. The second-order valence-corrected chi connectivity index (χ2v) is 6.86. The van der Waals surface area contributed by atoms with E-state index in [0.29, 0.717) is 0 Å². The van der Waals surface area contributed by atoms with Crippen LogP contribution < -0.4 is 0 Å². The smallest absolute Gasteiger partial charge is 0.232 e. The first-order chi connectivity index (χ1) is 5.32. The highest BCUT2D eigenvalue weighted by molar-refractivity contribution is 9.28. The third-order valence-electron chi connectivity index (χ3n) is 2.51. The van der Waals surface area contributed by atoms with E-state index in [-0.39, 0.29) is 10.7 Å². The van der Waals surface area contributed by atoms with Gasteiger partial charge < -0.3 is 0 Å². The number of hydrogen-bond donors (Lipinski definition) is 0. The molecule has 0 heterocycles. The van der Waals surface area contributed by atoms with E-state index in [0.717, 1.165) is 9.81 Å². The summed E-state index contributed by atoms with van der Waals surface area (Å²) in [6, 6.07) is 0. The third kappa shape index (κ3) is 1.64. The SMILES string of the molecule is CC1(C)CC1(C=C(Br)Br)C(=O)Cl. The highest BCUT2D eigenvalue weighted by Gasteiger charge is 2.64. The van der Waals surface area contributed by atoms with Gasteiger partial charge in [-0.05, 0) is 61.4 Å². The molecule has 1 unspecified atom stereocenters. The van der Waals surface area contributed by atoms with Crippen molar-refractivity contribution < 1.29 is 4.79 Å². The van der Waals surface area contributed by atoms with E-state index < -0.39 is 5.41 Å². The maximum absolute atomic E-state index is 11.2. The average Bonchev–Trinajstić information content (AvgIpc) is 2.33. The van der Waals surface area contributed by atoms with Crippen LogP contribution in [0.25, 0.3) is 0 Å². The average molecular weight is 316 g/mol. The summed E-state index contributed by atoms with van der Waals surface area (Å²) >= 11 is 12.0. The van der Waals surface area contributed by atoms with Gasteiger partial charge in [0.05, 0.1) is 8.81 Å². The Kier molecular flexibility index (Phi) is 2.78. The fourth-order valence-corrected chi connectivity index (χ4v) is 2.64. The highest BCUT2D eigenvalue weighted by Crippen LogP contribution is 2.66. The molecule has 0 spiro atoms. The standard InChI is InChI=1S/C8H9Br2ClO/c1-7(2)4-8(7,6(11)12)3-5(9)10/h3H,4H2,1-2H3. The molecule has 0 aromatic carbocycles. The maximum atomic E-state index is 11.2. The van der Waals surface area contributed by atoms with Crippen molar-refractivity contribution in [2.24, 2.45) is 10.8 Å². The summed E-state index contributed by atoms with van der Waals surface area (Å²) in [5.74, 6) is 0. The van der Waals surface area contributed by atoms with Gasteiger partial charge in [-0.1, -0.05) is 13.8 Å². The van der Waals surface area contributed by atoms with Crippen molar-refractivity contribution in [1.82, 2.24) is 0 Å². The summed E-state index contributed by atoms with van der Waals surface area (Å²) in [6.07, 6.45) is 2.66. The Labute approximate surface area is 93.8 Å². The highest BCUT2D eigenvalue weighted by atomic mass is 79.9. The van der Waals surface area contributed by atoms with Crippen molar-refractivity contribution in [1.29, 1.82) is 0 Å². The molecule has 1 aliphatic carbocycles. The fourth-order valence-electron chi connectivity index (χ4n) is 1.48. The predicted octanol–water partition coefficient (Wildman–Crippen LogP) is 3.80. The second-order valence-electron chi connectivity index (χ2n) is 3.74. The summed E-state index contributed by atoms with van der Waals surface area (Å²) < 4.78 is 0.787. The quantitative estimate of drug-likeness (QED) is 0.708. The fraction of sp³-hybridized carbons (Fsp3) is 0.625. The van der Waals surface area contributed by atoms with Gasteiger partial charge in [-0.3, -0.25) is 4.79 Å². The van der Waals surface area contributed by atoms with E-state index in [9.17, 15) is 4.79 Å². The molecular weight excluding hydrogens is 307 g/mol. The summed E-state index contributed by atoms with van der Waals surface area (Å²) in [5, 5.41) is -0.274. The third-order valence-corrected chi connectivity index (χ3v) is 3.30. The van der Waals surface area contributed by atoms with Crippen LogP contribution in [0, 0.1) is 10.8 Å². The largest absolute Gasteiger partial charge is 0.280 e. The van der Waals surface area contributed by atoms with Crippen molar-refractivity contribution in [3.05, 3.63) is 9.47 Å². The molecule has 4 heteroatoms. The van der Waals surface area contributed by atoms with Gasteiger partial charge in [-0.15, -0.1) is 0 Å². The number of hydrogen-bond acceptors (Lipinski definition) is 1. The van der Waals surface area contributed by atoms with Crippen molar-refractivity contribution in [2.75, 3.05) is 0 Å². The Morgan fingerprint density at radius 3 is 2.00 bits per heavy atom.